The second-order valence-electron chi connectivity index (χ2n) is 7.74. The van der Waals surface area contributed by atoms with Crippen molar-refractivity contribution in [2.45, 2.75) is 44.2 Å². The van der Waals surface area contributed by atoms with Crippen molar-refractivity contribution in [3.63, 3.8) is 0 Å². The van der Waals surface area contributed by atoms with Crippen LogP contribution in [-0.2, 0) is 33.3 Å². The monoisotopic (exact) mass is 461 g/mol. The van der Waals surface area contributed by atoms with E-state index in [2.05, 4.69) is 5.32 Å². The number of fused-ring (bicyclic) bond motifs is 1. The molecule has 2 aliphatic rings. The molecule has 0 aromatic heterocycles. The summed E-state index contributed by atoms with van der Waals surface area (Å²) in [7, 11) is 0. The SMILES string of the molecule is [2H]C1CC(N2Cc3cc(CCC(=O)C(F)(F)c4ccc(Cl)cc4)ccc3C2=O)C(=O)NC1=O. The van der Waals surface area contributed by atoms with Gasteiger partial charge in [-0.1, -0.05) is 35.9 Å². The molecule has 0 radical (unpaired) electrons. The Kier molecular flexibility index (Phi) is 5.46. The fourth-order valence-corrected chi connectivity index (χ4v) is 4.02. The number of aryl methyl sites for hydroxylation is 1. The van der Waals surface area contributed by atoms with Gasteiger partial charge in [0.15, 0.2) is 0 Å². The number of alkyl halides is 2. The summed E-state index contributed by atoms with van der Waals surface area (Å²) in [6, 6.07) is 8.68. The summed E-state index contributed by atoms with van der Waals surface area (Å²) >= 11 is 5.72. The lowest BCUT2D eigenvalue weighted by molar-refractivity contribution is -0.144. The molecule has 9 heteroatoms. The number of nitrogens with zero attached hydrogens (tertiary/aromatic N) is 1. The maximum Gasteiger partial charge on any atom is 0.330 e. The van der Waals surface area contributed by atoms with E-state index in [1.807, 2.05) is 0 Å². The molecular formula is C23H19ClF2N2O4. The average Bonchev–Trinajstić information content (AvgIpc) is 3.10. The first-order valence-corrected chi connectivity index (χ1v) is 10.3. The molecule has 1 fully saturated rings. The summed E-state index contributed by atoms with van der Waals surface area (Å²) < 4.78 is 36.7. The van der Waals surface area contributed by atoms with E-state index >= 15 is 0 Å². The first kappa shape index (κ1) is 20.8. The number of amides is 3. The second-order valence-corrected chi connectivity index (χ2v) is 8.17. The third-order valence-electron chi connectivity index (χ3n) is 5.65. The Morgan fingerprint density at radius 2 is 1.91 bits per heavy atom. The Morgan fingerprint density at radius 1 is 1.19 bits per heavy atom. The van der Waals surface area contributed by atoms with Gasteiger partial charge in [0.2, 0.25) is 17.6 Å². The first-order chi connectivity index (χ1) is 15.6. The molecule has 2 unspecified atom stereocenters. The second kappa shape index (κ2) is 8.43. The summed E-state index contributed by atoms with van der Waals surface area (Å²) in [5.41, 5.74) is 1.14. The third kappa shape index (κ3) is 4.14. The summed E-state index contributed by atoms with van der Waals surface area (Å²) in [5.74, 6) is -6.59. The van der Waals surface area contributed by atoms with Crippen LogP contribution in [0.25, 0.3) is 0 Å². The zero-order valence-corrected chi connectivity index (χ0v) is 17.5. The van der Waals surface area contributed by atoms with Gasteiger partial charge < -0.3 is 4.90 Å². The Morgan fingerprint density at radius 3 is 2.62 bits per heavy atom. The van der Waals surface area contributed by atoms with Crippen LogP contribution in [0.5, 0.6) is 0 Å². The van der Waals surface area contributed by atoms with Gasteiger partial charge in [0.1, 0.15) is 6.04 Å². The van der Waals surface area contributed by atoms with Gasteiger partial charge in [0, 0.05) is 36.9 Å². The van der Waals surface area contributed by atoms with Crippen molar-refractivity contribution in [3.8, 4) is 0 Å². The van der Waals surface area contributed by atoms with E-state index in [0.717, 1.165) is 12.1 Å². The molecule has 2 heterocycles. The molecule has 1 N–H and O–H groups in total. The Bertz CT molecular complexity index is 1160. The van der Waals surface area contributed by atoms with Gasteiger partial charge in [0.05, 0.1) is 0 Å². The number of ketones is 1. The molecule has 0 bridgehead atoms. The van der Waals surface area contributed by atoms with Gasteiger partial charge in [-0.3, -0.25) is 24.5 Å². The number of carbonyl (C=O) groups excluding carboxylic acids is 4. The van der Waals surface area contributed by atoms with Crippen LogP contribution in [0.2, 0.25) is 5.02 Å². The van der Waals surface area contributed by atoms with Crippen molar-refractivity contribution in [1.82, 2.24) is 10.2 Å². The van der Waals surface area contributed by atoms with E-state index in [1.165, 1.54) is 17.0 Å². The molecule has 6 nitrogen and oxygen atoms in total. The Labute approximate surface area is 188 Å². The maximum atomic E-state index is 14.5. The van der Waals surface area contributed by atoms with E-state index in [0.29, 0.717) is 21.7 Å². The summed E-state index contributed by atoms with van der Waals surface area (Å²) in [5, 5.41) is 2.39. The highest BCUT2D eigenvalue weighted by Gasteiger charge is 2.41. The molecule has 166 valence electrons. The highest BCUT2D eigenvalue weighted by molar-refractivity contribution is 6.30. The summed E-state index contributed by atoms with van der Waals surface area (Å²) in [6.07, 6.45) is -1.59. The molecule has 2 atom stereocenters. The lowest BCUT2D eigenvalue weighted by Crippen LogP contribution is -2.52. The van der Waals surface area contributed by atoms with Gasteiger partial charge >= 0.3 is 5.92 Å². The number of carbonyl (C=O) groups is 4. The number of hydrogen-bond acceptors (Lipinski definition) is 4. The van der Waals surface area contributed by atoms with Crippen LogP contribution < -0.4 is 5.32 Å². The van der Waals surface area contributed by atoms with Gasteiger partial charge in [-0.05, 0) is 42.2 Å². The van der Waals surface area contributed by atoms with Crippen LogP contribution in [0.3, 0.4) is 0 Å². The van der Waals surface area contributed by atoms with Gasteiger partial charge in [-0.2, -0.15) is 8.78 Å². The van der Waals surface area contributed by atoms with Crippen molar-refractivity contribution < 1.29 is 29.3 Å². The van der Waals surface area contributed by atoms with Crippen molar-refractivity contribution in [2.75, 3.05) is 0 Å². The summed E-state index contributed by atoms with van der Waals surface area (Å²) in [4.78, 5) is 50.0. The largest absolute Gasteiger partial charge is 0.330 e. The van der Waals surface area contributed by atoms with Crippen LogP contribution in [0.15, 0.2) is 42.5 Å². The predicted octanol–water partition coefficient (Wildman–Crippen LogP) is 3.39. The van der Waals surface area contributed by atoms with Gasteiger partial charge in [-0.15, -0.1) is 0 Å². The van der Waals surface area contributed by atoms with Crippen LogP contribution >= 0.6 is 11.6 Å². The fourth-order valence-electron chi connectivity index (χ4n) is 3.89. The smallest absolute Gasteiger partial charge is 0.322 e. The number of piperidine rings is 1. The van der Waals surface area contributed by atoms with E-state index in [9.17, 15) is 28.0 Å². The van der Waals surface area contributed by atoms with Crippen molar-refractivity contribution in [3.05, 3.63) is 69.7 Å². The predicted molar refractivity (Wildman–Crippen MR) is 111 cm³/mol. The van der Waals surface area contributed by atoms with E-state index in [4.69, 9.17) is 13.0 Å². The molecule has 4 rings (SSSR count). The van der Waals surface area contributed by atoms with Crippen LogP contribution in [0.4, 0.5) is 8.78 Å². The molecule has 3 amide bonds. The first-order valence-electron chi connectivity index (χ1n) is 10.5. The van der Waals surface area contributed by atoms with Crippen LogP contribution in [-0.4, -0.2) is 34.4 Å². The van der Waals surface area contributed by atoms with Crippen molar-refractivity contribution >= 4 is 35.1 Å². The molecule has 2 aromatic carbocycles. The maximum absolute atomic E-state index is 14.5. The number of hydrogen-bond donors (Lipinski definition) is 1. The Hall–Kier alpha value is -3.13. The van der Waals surface area contributed by atoms with Crippen LogP contribution in [0, 0.1) is 0 Å². The third-order valence-corrected chi connectivity index (χ3v) is 5.90. The van der Waals surface area contributed by atoms with Crippen LogP contribution in [0.1, 0.15) is 47.7 Å². The van der Waals surface area contributed by atoms with Crippen molar-refractivity contribution in [2.24, 2.45) is 0 Å². The number of nitrogens with one attached hydrogen (secondary N) is 1. The number of imide groups is 1. The number of rotatable bonds is 6. The molecule has 2 aromatic rings. The molecule has 0 aliphatic carbocycles. The Balaban J connectivity index is 1.44. The van der Waals surface area contributed by atoms with Crippen molar-refractivity contribution in [1.29, 1.82) is 0 Å². The molecule has 32 heavy (non-hydrogen) atoms. The molecule has 2 aliphatic heterocycles. The normalized spacial score (nSPS) is 21.3. The highest BCUT2D eigenvalue weighted by Crippen LogP contribution is 2.32. The average molecular weight is 462 g/mol. The number of halogens is 3. The number of benzene rings is 2. The lowest BCUT2D eigenvalue weighted by atomic mass is 9.97. The lowest BCUT2D eigenvalue weighted by Gasteiger charge is -2.29. The zero-order chi connectivity index (χ0) is 23.9. The highest BCUT2D eigenvalue weighted by atomic mass is 35.5. The van der Waals surface area contributed by atoms with E-state index in [1.54, 1.807) is 18.2 Å². The van der Waals surface area contributed by atoms with Gasteiger partial charge in [-0.25, -0.2) is 0 Å². The summed E-state index contributed by atoms with van der Waals surface area (Å²) in [6.45, 7) is 0.0931. The minimum Gasteiger partial charge on any atom is -0.322 e. The topological polar surface area (TPSA) is 83.6 Å². The van der Waals surface area contributed by atoms with E-state index < -0.39 is 53.9 Å². The quantitative estimate of drug-likeness (QED) is 0.668. The van der Waals surface area contributed by atoms with Gasteiger partial charge in [0.25, 0.3) is 5.91 Å². The standard InChI is InChI=1S/C23H19ClF2N2O4/c24-16-5-3-15(4-6-16)23(25,26)19(29)9-2-13-1-7-17-14(11-13)12-28(22(17)32)18-8-10-20(30)27-21(18)31/h1,3-7,11,18H,2,8-10,12H2,(H,27,30,31)/i10D. The molecule has 0 spiro atoms. The zero-order valence-electron chi connectivity index (χ0n) is 17.7. The minimum absolute atomic E-state index is 0.0523. The molecular weight excluding hydrogens is 442 g/mol. The molecule has 1 saturated heterocycles. The molecule has 0 saturated carbocycles. The minimum atomic E-state index is -3.65. The fraction of sp³-hybridized carbons (Fsp3) is 0.304. The number of Topliss-reactive ketones (excluding diaryl/α,β-unsaturated/α-hetero) is 1. The van der Waals surface area contributed by atoms with E-state index in [-0.39, 0.29) is 19.4 Å².